The normalized spacial score (nSPS) is 11.8. The number of ketones is 1. The number of carbonyl (C=O) groups is 1. The van der Waals surface area contributed by atoms with E-state index in [1.54, 1.807) is 0 Å². The molecular weight excluding hydrogens is 184 g/mol. The van der Waals surface area contributed by atoms with Crippen molar-refractivity contribution in [1.29, 1.82) is 0 Å². The molecule has 0 unspecified atom stereocenters. The highest BCUT2D eigenvalue weighted by Gasteiger charge is 2.12. The first-order chi connectivity index (χ1) is 6.66. The predicted octanol–water partition coefficient (Wildman–Crippen LogP) is 1.66. The number of nitrogens with zero attached hydrogens (tertiary/aromatic N) is 2. The molecule has 0 aromatic carbocycles. The van der Waals surface area contributed by atoms with E-state index < -0.39 is 17.2 Å². The van der Waals surface area contributed by atoms with Gasteiger partial charge in [0.25, 0.3) is 0 Å². The molecule has 72 valence electrons. The highest BCUT2D eigenvalue weighted by molar-refractivity contribution is 5.99. The molecule has 0 aliphatic carbocycles. The minimum Gasteiger partial charge on any atom is -0.505 e. The number of aromatic nitrogens is 1. The molecule has 0 amide bonds. The van der Waals surface area contributed by atoms with Crippen LogP contribution in [0.3, 0.4) is 0 Å². The average molecular weight is 192 g/mol. The van der Waals surface area contributed by atoms with E-state index in [2.05, 4.69) is 10.2 Å². The van der Waals surface area contributed by atoms with Crippen LogP contribution in [0.5, 0.6) is 0 Å². The second-order valence-electron chi connectivity index (χ2n) is 2.58. The Labute approximate surface area is 80.1 Å². The van der Waals surface area contributed by atoms with E-state index >= 15 is 0 Å². The summed E-state index contributed by atoms with van der Waals surface area (Å²) in [5.74, 6) is -0.996. The van der Waals surface area contributed by atoms with Crippen LogP contribution in [0.4, 0.5) is 0 Å². The quantitative estimate of drug-likeness (QED) is 0.448. The molecule has 1 rings (SSSR count). The maximum atomic E-state index is 10.9. The molecule has 5 nitrogen and oxygen atoms in total. The van der Waals surface area contributed by atoms with Crippen molar-refractivity contribution in [2.75, 3.05) is 0 Å². The molecule has 5 heteroatoms. The molecule has 1 aromatic rings. The molecule has 0 spiro atoms. The highest BCUT2D eigenvalue weighted by atomic mass is 16.3. The van der Waals surface area contributed by atoms with Crippen LogP contribution < -0.4 is 0 Å². The number of pyridine rings is 1. The zero-order chi connectivity index (χ0) is 10.6. The molecular formula is C9H8N2O3. The number of hydrogen-bond acceptors (Lipinski definition) is 5. The van der Waals surface area contributed by atoms with E-state index in [0.717, 1.165) is 6.92 Å². The van der Waals surface area contributed by atoms with Crippen LogP contribution >= 0.6 is 0 Å². The molecule has 0 aliphatic heterocycles. The molecule has 14 heavy (non-hydrogen) atoms. The zero-order valence-corrected chi connectivity index (χ0v) is 7.47. The number of aliphatic hydroxyl groups is 1. The fraction of sp³-hybridized carbons (Fsp3) is 0.111. The van der Waals surface area contributed by atoms with Gasteiger partial charge in [-0.2, -0.15) is 0 Å². The summed E-state index contributed by atoms with van der Waals surface area (Å²) in [7, 11) is 0. The van der Waals surface area contributed by atoms with Crippen molar-refractivity contribution in [3.05, 3.63) is 40.7 Å². The van der Waals surface area contributed by atoms with Crippen LogP contribution in [0.2, 0.25) is 0 Å². The van der Waals surface area contributed by atoms with Crippen molar-refractivity contribution in [3.8, 4) is 0 Å². The Morgan fingerprint density at radius 3 is 2.43 bits per heavy atom. The van der Waals surface area contributed by atoms with Crippen LogP contribution in [0.15, 0.2) is 35.4 Å². The Morgan fingerprint density at radius 2 is 2.00 bits per heavy atom. The van der Waals surface area contributed by atoms with Gasteiger partial charge in [-0.25, -0.2) is 0 Å². The maximum Gasteiger partial charge on any atom is 0.192 e. The van der Waals surface area contributed by atoms with E-state index in [4.69, 9.17) is 0 Å². The summed E-state index contributed by atoms with van der Waals surface area (Å²) in [5.41, 5.74) is -0.138. The number of rotatable bonds is 3. The second kappa shape index (κ2) is 4.27. The molecule has 0 fully saturated rings. The molecule has 1 aromatic heterocycles. The first kappa shape index (κ1) is 10.0. The molecule has 0 radical (unpaired) electrons. The van der Waals surface area contributed by atoms with Crippen LogP contribution in [0.1, 0.15) is 12.5 Å². The number of Topliss-reactive ketones (excluding diaryl/α,β-unsaturated/α-hetero) is 1. The van der Waals surface area contributed by atoms with Gasteiger partial charge in [0.1, 0.15) is 0 Å². The SMILES string of the molecule is CC(=O)/C(N=O)=C(\O)c1ccncc1. The van der Waals surface area contributed by atoms with Crippen molar-refractivity contribution < 1.29 is 9.90 Å². The lowest BCUT2D eigenvalue weighted by Gasteiger charge is -2.00. The average Bonchev–Trinajstić information content (AvgIpc) is 2.19. The molecule has 0 saturated heterocycles. The van der Waals surface area contributed by atoms with E-state index in [1.165, 1.54) is 24.5 Å². The summed E-state index contributed by atoms with van der Waals surface area (Å²) in [6, 6.07) is 2.95. The van der Waals surface area contributed by atoms with E-state index in [9.17, 15) is 14.8 Å². The first-order valence-electron chi connectivity index (χ1n) is 3.84. The fourth-order valence-corrected chi connectivity index (χ4v) is 0.921. The van der Waals surface area contributed by atoms with Gasteiger partial charge in [0.05, 0.1) is 0 Å². The summed E-state index contributed by atoms with van der Waals surface area (Å²) >= 11 is 0. The van der Waals surface area contributed by atoms with Gasteiger partial charge in [-0.3, -0.25) is 9.78 Å². The lowest BCUT2D eigenvalue weighted by atomic mass is 10.1. The van der Waals surface area contributed by atoms with Crippen molar-refractivity contribution in [2.45, 2.75) is 6.92 Å². The topological polar surface area (TPSA) is 79.6 Å². The van der Waals surface area contributed by atoms with Gasteiger partial charge in [-0.05, 0) is 17.3 Å². The minimum atomic E-state index is -0.575. The van der Waals surface area contributed by atoms with Gasteiger partial charge in [0.2, 0.25) is 0 Å². The molecule has 0 atom stereocenters. The van der Waals surface area contributed by atoms with E-state index in [-0.39, 0.29) is 0 Å². The number of hydrogen-bond donors (Lipinski definition) is 1. The van der Waals surface area contributed by atoms with Gasteiger partial charge >= 0.3 is 0 Å². The zero-order valence-electron chi connectivity index (χ0n) is 7.47. The number of nitroso groups, excluding NO2 is 1. The number of carbonyl (C=O) groups excluding carboxylic acids is 1. The van der Waals surface area contributed by atoms with Gasteiger partial charge in [0, 0.05) is 24.9 Å². The third-order valence-electron chi connectivity index (χ3n) is 1.60. The largest absolute Gasteiger partial charge is 0.505 e. The van der Waals surface area contributed by atoms with Crippen LogP contribution in [0.25, 0.3) is 5.76 Å². The van der Waals surface area contributed by atoms with Gasteiger partial charge in [-0.1, -0.05) is 0 Å². The van der Waals surface area contributed by atoms with Crippen LogP contribution in [-0.4, -0.2) is 15.9 Å². The Bertz CT molecular complexity index is 384. The highest BCUT2D eigenvalue weighted by Crippen LogP contribution is 2.16. The van der Waals surface area contributed by atoms with Crippen molar-refractivity contribution in [1.82, 2.24) is 4.98 Å². The van der Waals surface area contributed by atoms with Crippen LogP contribution in [-0.2, 0) is 4.79 Å². The van der Waals surface area contributed by atoms with Gasteiger partial charge in [-0.15, -0.1) is 4.91 Å². The standard InChI is InChI=1S/C9H8N2O3/c1-6(12)8(11-14)9(13)7-2-4-10-5-3-7/h2-5,13H,1H3/b9-8+. The summed E-state index contributed by atoms with van der Waals surface area (Å²) < 4.78 is 0. The molecule has 0 aliphatic rings. The maximum absolute atomic E-state index is 10.9. The van der Waals surface area contributed by atoms with E-state index in [0.29, 0.717) is 5.56 Å². The monoisotopic (exact) mass is 192 g/mol. The predicted molar refractivity (Wildman–Crippen MR) is 50.3 cm³/mol. The van der Waals surface area contributed by atoms with Crippen molar-refractivity contribution in [3.63, 3.8) is 0 Å². The Balaban J connectivity index is 3.21. The third kappa shape index (κ3) is 2.01. The van der Waals surface area contributed by atoms with Gasteiger partial charge in [0.15, 0.2) is 17.2 Å². The number of aliphatic hydroxyl groups excluding tert-OH is 1. The molecule has 0 saturated carbocycles. The first-order valence-corrected chi connectivity index (χ1v) is 3.84. The van der Waals surface area contributed by atoms with Gasteiger partial charge < -0.3 is 5.11 Å². The number of allylic oxidation sites excluding steroid dienone is 1. The molecule has 1 heterocycles. The molecule has 1 N–H and O–H groups in total. The Kier molecular flexibility index (Phi) is 3.06. The smallest absolute Gasteiger partial charge is 0.192 e. The fourth-order valence-electron chi connectivity index (χ4n) is 0.921. The Hall–Kier alpha value is -2.04. The third-order valence-corrected chi connectivity index (χ3v) is 1.60. The van der Waals surface area contributed by atoms with Crippen molar-refractivity contribution in [2.24, 2.45) is 5.18 Å². The lowest BCUT2D eigenvalue weighted by molar-refractivity contribution is -0.113. The second-order valence-corrected chi connectivity index (χ2v) is 2.58. The summed E-state index contributed by atoms with van der Waals surface area (Å²) in [6.07, 6.45) is 2.88. The Morgan fingerprint density at radius 1 is 1.43 bits per heavy atom. The van der Waals surface area contributed by atoms with Crippen molar-refractivity contribution >= 4 is 11.5 Å². The van der Waals surface area contributed by atoms with Crippen LogP contribution in [0, 0.1) is 4.91 Å². The summed E-state index contributed by atoms with van der Waals surface area (Å²) in [6.45, 7) is 1.16. The van der Waals surface area contributed by atoms with E-state index in [1.807, 2.05) is 0 Å². The lowest BCUT2D eigenvalue weighted by Crippen LogP contribution is -1.98. The summed E-state index contributed by atoms with van der Waals surface area (Å²) in [5, 5.41) is 12.0. The summed E-state index contributed by atoms with van der Waals surface area (Å²) in [4.78, 5) is 24.8. The molecule has 0 bridgehead atoms. The minimum absolute atomic E-state index is 0.338.